The second kappa shape index (κ2) is 9.11. The third kappa shape index (κ3) is 4.96. The highest BCUT2D eigenvalue weighted by Gasteiger charge is 2.18. The number of ether oxygens (including phenoxy) is 1. The standard InChI is InChI=1S/C21H19Cl2N3O3/c1-3-29-16-7-4-14(5-8-16)19-10-11-20(27)26(25-19)13(2)21(28)24-15-6-9-17(22)18(23)12-15/h4-13H,3H2,1-2H3,(H,24,28). The van der Waals surface area contributed by atoms with Crippen molar-refractivity contribution in [1.82, 2.24) is 9.78 Å². The van der Waals surface area contributed by atoms with Crippen LogP contribution in [0.1, 0.15) is 19.9 Å². The average molecular weight is 432 g/mol. The molecule has 2 aromatic carbocycles. The molecule has 0 fully saturated rings. The summed E-state index contributed by atoms with van der Waals surface area (Å²) < 4.78 is 6.59. The number of carbonyl (C=O) groups is 1. The minimum Gasteiger partial charge on any atom is -0.494 e. The second-order valence-corrected chi connectivity index (χ2v) is 7.07. The van der Waals surface area contributed by atoms with Crippen LogP contribution >= 0.6 is 23.2 Å². The third-order valence-corrected chi connectivity index (χ3v) is 4.96. The lowest BCUT2D eigenvalue weighted by molar-refractivity contribution is -0.119. The number of amides is 1. The van der Waals surface area contributed by atoms with E-state index in [0.717, 1.165) is 16.0 Å². The van der Waals surface area contributed by atoms with Gasteiger partial charge >= 0.3 is 0 Å². The summed E-state index contributed by atoms with van der Waals surface area (Å²) in [6.45, 7) is 4.09. The molecule has 0 spiro atoms. The number of rotatable bonds is 6. The van der Waals surface area contributed by atoms with Crippen molar-refractivity contribution in [3.05, 3.63) is 75.0 Å². The fourth-order valence-corrected chi connectivity index (χ4v) is 2.98. The largest absolute Gasteiger partial charge is 0.494 e. The van der Waals surface area contributed by atoms with Gasteiger partial charge in [0, 0.05) is 17.3 Å². The van der Waals surface area contributed by atoms with E-state index in [1.807, 2.05) is 31.2 Å². The fraction of sp³-hybridized carbons (Fsp3) is 0.190. The van der Waals surface area contributed by atoms with Crippen LogP contribution in [0.4, 0.5) is 5.69 Å². The Morgan fingerprint density at radius 1 is 1.10 bits per heavy atom. The summed E-state index contributed by atoms with van der Waals surface area (Å²) >= 11 is 11.9. The Hall–Kier alpha value is -2.83. The molecule has 150 valence electrons. The summed E-state index contributed by atoms with van der Waals surface area (Å²) in [6, 6.07) is 14.3. The van der Waals surface area contributed by atoms with Gasteiger partial charge in [-0.2, -0.15) is 5.10 Å². The van der Waals surface area contributed by atoms with Crippen molar-refractivity contribution in [3.63, 3.8) is 0 Å². The van der Waals surface area contributed by atoms with Crippen LogP contribution in [-0.4, -0.2) is 22.3 Å². The van der Waals surface area contributed by atoms with Crippen LogP contribution < -0.4 is 15.6 Å². The summed E-state index contributed by atoms with van der Waals surface area (Å²) in [5, 5.41) is 7.80. The van der Waals surface area contributed by atoms with Gasteiger partial charge in [0.25, 0.3) is 5.56 Å². The number of nitrogens with one attached hydrogen (secondary N) is 1. The lowest BCUT2D eigenvalue weighted by atomic mass is 10.1. The Bertz CT molecular complexity index is 1080. The van der Waals surface area contributed by atoms with Crippen molar-refractivity contribution >= 4 is 34.8 Å². The highest BCUT2D eigenvalue weighted by molar-refractivity contribution is 6.42. The molecule has 0 aliphatic heterocycles. The van der Waals surface area contributed by atoms with E-state index in [-0.39, 0.29) is 5.56 Å². The van der Waals surface area contributed by atoms with E-state index < -0.39 is 11.9 Å². The van der Waals surface area contributed by atoms with Crippen LogP contribution in [0.5, 0.6) is 5.75 Å². The van der Waals surface area contributed by atoms with Crippen molar-refractivity contribution in [2.75, 3.05) is 11.9 Å². The van der Waals surface area contributed by atoms with E-state index >= 15 is 0 Å². The van der Waals surface area contributed by atoms with Crippen LogP contribution in [0, 0.1) is 0 Å². The first-order valence-electron chi connectivity index (χ1n) is 8.98. The Morgan fingerprint density at radius 2 is 1.83 bits per heavy atom. The molecule has 1 unspecified atom stereocenters. The molecule has 29 heavy (non-hydrogen) atoms. The molecule has 0 saturated carbocycles. The molecule has 0 aliphatic carbocycles. The molecule has 0 bridgehead atoms. The number of benzene rings is 2. The quantitative estimate of drug-likeness (QED) is 0.607. The third-order valence-electron chi connectivity index (χ3n) is 4.22. The summed E-state index contributed by atoms with van der Waals surface area (Å²) in [5.74, 6) is 0.348. The normalized spacial score (nSPS) is 11.7. The first-order valence-corrected chi connectivity index (χ1v) is 9.73. The van der Waals surface area contributed by atoms with Crippen molar-refractivity contribution in [2.24, 2.45) is 0 Å². The summed E-state index contributed by atoms with van der Waals surface area (Å²) in [5.41, 5.74) is 1.48. The number of hydrogen-bond acceptors (Lipinski definition) is 4. The Labute approximate surface area is 178 Å². The van der Waals surface area contributed by atoms with Gasteiger partial charge in [0.2, 0.25) is 5.91 Å². The molecule has 0 aliphatic rings. The van der Waals surface area contributed by atoms with Gasteiger partial charge in [-0.05, 0) is 62.4 Å². The molecular weight excluding hydrogens is 413 g/mol. The topological polar surface area (TPSA) is 73.2 Å². The van der Waals surface area contributed by atoms with Gasteiger partial charge < -0.3 is 10.1 Å². The van der Waals surface area contributed by atoms with Crippen LogP contribution in [0.3, 0.4) is 0 Å². The lowest BCUT2D eigenvalue weighted by Gasteiger charge is -2.15. The van der Waals surface area contributed by atoms with Crippen LogP contribution in [-0.2, 0) is 4.79 Å². The highest BCUT2D eigenvalue weighted by Crippen LogP contribution is 2.25. The summed E-state index contributed by atoms with van der Waals surface area (Å²) in [6.07, 6.45) is 0. The number of anilines is 1. The smallest absolute Gasteiger partial charge is 0.267 e. The Balaban J connectivity index is 1.83. The highest BCUT2D eigenvalue weighted by atomic mass is 35.5. The first-order chi connectivity index (χ1) is 13.9. The fourth-order valence-electron chi connectivity index (χ4n) is 2.68. The summed E-state index contributed by atoms with van der Waals surface area (Å²) in [4.78, 5) is 24.9. The molecule has 1 N–H and O–H groups in total. The van der Waals surface area contributed by atoms with Gasteiger partial charge in [-0.1, -0.05) is 23.2 Å². The predicted octanol–water partition coefficient (Wildman–Crippen LogP) is 4.82. The predicted molar refractivity (Wildman–Crippen MR) is 115 cm³/mol. The number of hydrogen-bond donors (Lipinski definition) is 1. The van der Waals surface area contributed by atoms with Crippen LogP contribution in [0.2, 0.25) is 10.0 Å². The van der Waals surface area contributed by atoms with Crippen molar-refractivity contribution in [1.29, 1.82) is 0 Å². The monoisotopic (exact) mass is 431 g/mol. The van der Waals surface area contributed by atoms with Crippen molar-refractivity contribution < 1.29 is 9.53 Å². The van der Waals surface area contributed by atoms with E-state index in [2.05, 4.69) is 10.4 Å². The minimum absolute atomic E-state index is 0.324. The zero-order valence-corrected chi connectivity index (χ0v) is 17.4. The lowest BCUT2D eigenvalue weighted by Crippen LogP contribution is -2.33. The SMILES string of the molecule is CCOc1ccc(-c2ccc(=O)n(C(C)C(=O)Nc3ccc(Cl)c(Cl)c3)n2)cc1. The number of carbonyl (C=O) groups excluding carboxylic acids is 1. The molecule has 0 radical (unpaired) electrons. The van der Waals surface area contributed by atoms with Gasteiger partial charge in [-0.3, -0.25) is 9.59 Å². The van der Waals surface area contributed by atoms with Gasteiger partial charge in [0.05, 0.1) is 22.3 Å². The molecule has 8 heteroatoms. The zero-order chi connectivity index (χ0) is 21.0. The molecule has 3 aromatic rings. The molecule has 1 amide bonds. The van der Waals surface area contributed by atoms with Gasteiger partial charge in [0.15, 0.2) is 0 Å². The van der Waals surface area contributed by atoms with Gasteiger partial charge in [0.1, 0.15) is 11.8 Å². The van der Waals surface area contributed by atoms with E-state index in [9.17, 15) is 9.59 Å². The Kier molecular flexibility index (Phi) is 6.56. The van der Waals surface area contributed by atoms with Crippen molar-refractivity contribution in [2.45, 2.75) is 19.9 Å². The minimum atomic E-state index is -0.834. The van der Waals surface area contributed by atoms with E-state index in [4.69, 9.17) is 27.9 Å². The molecule has 3 rings (SSSR count). The first kappa shape index (κ1) is 20.9. The molecular formula is C21H19Cl2N3O3. The molecule has 1 atom stereocenters. The van der Waals surface area contributed by atoms with E-state index in [0.29, 0.717) is 28.0 Å². The van der Waals surface area contributed by atoms with Crippen molar-refractivity contribution in [3.8, 4) is 17.0 Å². The van der Waals surface area contributed by atoms with Gasteiger partial charge in [-0.15, -0.1) is 0 Å². The maximum absolute atomic E-state index is 12.6. The maximum Gasteiger partial charge on any atom is 0.267 e. The molecule has 6 nitrogen and oxygen atoms in total. The van der Waals surface area contributed by atoms with E-state index in [1.165, 1.54) is 6.07 Å². The summed E-state index contributed by atoms with van der Waals surface area (Å²) in [7, 11) is 0. The molecule has 0 saturated heterocycles. The van der Waals surface area contributed by atoms with Crippen LogP contribution in [0.25, 0.3) is 11.3 Å². The zero-order valence-electron chi connectivity index (χ0n) is 15.9. The molecule has 1 heterocycles. The average Bonchev–Trinajstić information content (AvgIpc) is 2.71. The van der Waals surface area contributed by atoms with Crippen LogP contribution in [0.15, 0.2) is 59.4 Å². The van der Waals surface area contributed by atoms with E-state index in [1.54, 1.807) is 31.2 Å². The number of nitrogens with zero attached hydrogens (tertiary/aromatic N) is 2. The molecule has 1 aromatic heterocycles. The second-order valence-electron chi connectivity index (χ2n) is 6.25. The van der Waals surface area contributed by atoms with Gasteiger partial charge in [-0.25, -0.2) is 4.68 Å². The number of aromatic nitrogens is 2. The number of halogens is 2. The maximum atomic E-state index is 12.6. The Morgan fingerprint density at radius 3 is 2.48 bits per heavy atom.